The molecule has 3 aromatic carbocycles. The van der Waals surface area contributed by atoms with Crippen LogP contribution in [0, 0.1) is 13.8 Å². The van der Waals surface area contributed by atoms with E-state index in [0.29, 0.717) is 22.0 Å². The van der Waals surface area contributed by atoms with Crippen LogP contribution in [0.4, 0.5) is 5.69 Å². The highest BCUT2D eigenvalue weighted by molar-refractivity contribution is 7.92. The maximum atomic E-state index is 14.2. The minimum Gasteiger partial charge on any atom is -0.495 e. The molecule has 0 radical (unpaired) electrons. The number of hydrogen-bond donors (Lipinski definition) is 1. The van der Waals surface area contributed by atoms with Gasteiger partial charge in [0, 0.05) is 28.2 Å². The van der Waals surface area contributed by atoms with Crippen LogP contribution in [-0.4, -0.2) is 50.9 Å². The molecule has 0 aliphatic carbocycles. The normalized spacial score (nSPS) is 12.8. The van der Waals surface area contributed by atoms with Crippen molar-refractivity contribution in [3.8, 4) is 5.75 Å². The van der Waals surface area contributed by atoms with Gasteiger partial charge in [-0.25, -0.2) is 8.42 Å². The topological polar surface area (TPSA) is 96.0 Å². The summed E-state index contributed by atoms with van der Waals surface area (Å²) in [5.41, 5.74) is 2.29. The van der Waals surface area contributed by atoms with Crippen LogP contribution in [0.2, 0.25) is 10.0 Å². The Morgan fingerprint density at radius 3 is 2.12 bits per heavy atom. The van der Waals surface area contributed by atoms with Crippen LogP contribution in [0.1, 0.15) is 43.9 Å². The van der Waals surface area contributed by atoms with Crippen molar-refractivity contribution in [3.63, 3.8) is 0 Å². The molecule has 0 aliphatic heterocycles. The van der Waals surface area contributed by atoms with E-state index in [2.05, 4.69) is 5.32 Å². The summed E-state index contributed by atoms with van der Waals surface area (Å²) in [5.74, 6) is -0.744. The van der Waals surface area contributed by atoms with Gasteiger partial charge >= 0.3 is 0 Å². The number of ether oxygens (including phenoxy) is 1. The number of nitrogens with one attached hydrogen (secondary N) is 1. The fourth-order valence-corrected chi connectivity index (χ4v) is 6.18. The minimum atomic E-state index is -4.25. The summed E-state index contributed by atoms with van der Waals surface area (Å²) in [7, 11) is -2.82. The maximum Gasteiger partial charge on any atom is 0.264 e. The maximum absolute atomic E-state index is 14.2. The van der Waals surface area contributed by atoms with Crippen molar-refractivity contribution in [2.45, 2.75) is 64.6 Å². The van der Waals surface area contributed by atoms with E-state index in [-0.39, 0.29) is 34.8 Å². The second-order valence-electron chi connectivity index (χ2n) is 10.2. The third-order valence-electron chi connectivity index (χ3n) is 7.05. The van der Waals surface area contributed by atoms with Crippen LogP contribution < -0.4 is 14.4 Å². The number of halogens is 2. The van der Waals surface area contributed by atoms with Gasteiger partial charge in [-0.1, -0.05) is 60.0 Å². The number of nitrogens with zero attached hydrogens (tertiary/aromatic N) is 2. The lowest BCUT2D eigenvalue weighted by atomic mass is 10.1. The van der Waals surface area contributed by atoms with E-state index in [9.17, 15) is 18.0 Å². The zero-order valence-corrected chi connectivity index (χ0v) is 27.0. The van der Waals surface area contributed by atoms with E-state index in [1.54, 1.807) is 55.5 Å². The van der Waals surface area contributed by atoms with Gasteiger partial charge in [0.2, 0.25) is 11.8 Å². The molecular formula is C31H37Cl2N3O5S. The highest BCUT2D eigenvalue weighted by Crippen LogP contribution is 2.34. The lowest BCUT2D eigenvalue weighted by molar-refractivity contribution is -0.139. The van der Waals surface area contributed by atoms with Crippen molar-refractivity contribution >= 4 is 50.7 Å². The van der Waals surface area contributed by atoms with E-state index in [0.717, 1.165) is 15.4 Å². The second kappa shape index (κ2) is 14.3. The number of carbonyl (C=O) groups excluding carboxylic acids is 2. The number of sulfonamides is 1. The van der Waals surface area contributed by atoms with Crippen LogP contribution in [0.5, 0.6) is 5.75 Å². The van der Waals surface area contributed by atoms with E-state index in [1.807, 2.05) is 27.7 Å². The van der Waals surface area contributed by atoms with Gasteiger partial charge in [0.15, 0.2) is 0 Å². The SMILES string of the molecule is CC[C@@H](C)NC(=O)[C@@H](C)N(Cc1c(Cl)cccc1Cl)C(=O)CN(c1cc(C)ccc1OC)S(=O)(=O)c1ccc(C)cc1. The number of aryl methyl sites for hydroxylation is 2. The van der Waals surface area contributed by atoms with Crippen molar-refractivity contribution in [2.75, 3.05) is 18.0 Å². The van der Waals surface area contributed by atoms with Gasteiger partial charge in [0.1, 0.15) is 18.3 Å². The van der Waals surface area contributed by atoms with Gasteiger partial charge < -0.3 is 15.0 Å². The van der Waals surface area contributed by atoms with Gasteiger partial charge in [-0.2, -0.15) is 0 Å². The fourth-order valence-electron chi connectivity index (χ4n) is 4.25. The van der Waals surface area contributed by atoms with Crippen molar-refractivity contribution in [2.24, 2.45) is 0 Å². The molecule has 226 valence electrons. The monoisotopic (exact) mass is 633 g/mol. The van der Waals surface area contributed by atoms with E-state index < -0.39 is 28.5 Å². The number of anilines is 1. The molecule has 3 aromatic rings. The Hall–Kier alpha value is -3.27. The van der Waals surface area contributed by atoms with E-state index in [4.69, 9.17) is 27.9 Å². The van der Waals surface area contributed by atoms with Crippen molar-refractivity contribution in [1.82, 2.24) is 10.2 Å². The van der Waals surface area contributed by atoms with Crippen LogP contribution in [0.3, 0.4) is 0 Å². The standard InChI is InChI=1S/C31H37Cl2N3O5S/c1-7-22(4)34-31(38)23(5)35(18-25-26(32)9-8-10-27(25)33)30(37)19-36(28-17-21(3)13-16-29(28)41-6)42(39,40)24-14-11-20(2)12-15-24/h8-17,22-23H,7,18-19H2,1-6H3,(H,34,38)/t22-,23-/m1/s1. The van der Waals surface area contributed by atoms with Crippen molar-refractivity contribution in [3.05, 3.63) is 87.4 Å². The Labute approximate surface area is 258 Å². The minimum absolute atomic E-state index is 0.00715. The molecule has 8 nitrogen and oxygen atoms in total. The average molecular weight is 635 g/mol. The number of carbonyl (C=O) groups is 2. The molecule has 0 spiro atoms. The summed E-state index contributed by atoms with van der Waals surface area (Å²) >= 11 is 12.9. The fraction of sp³-hybridized carbons (Fsp3) is 0.355. The molecule has 0 aromatic heterocycles. The molecule has 0 fully saturated rings. The first-order valence-corrected chi connectivity index (χ1v) is 15.8. The largest absolute Gasteiger partial charge is 0.495 e. The van der Waals surface area contributed by atoms with E-state index in [1.165, 1.54) is 24.1 Å². The summed E-state index contributed by atoms with van der Waals surface area (Å²) in [5, 5.41) is 3.54. The number of rotatable bonds is 12. The molecule has 0 saturated heterocycles. The predicted molar refractivity (Wildman–Crippen MR) is 168 cm³/mol. The Morgan fingerprint density at radius 2 is 1.55 bits per heavy atom. The predicted octanol–water partition coefficient (Wildman–Crippen LogP) is 6.15. The lowest BCUT2D eigenvalue weighted by Gasteiger charge is -2.33. The number of amides is 2. The first-order chi connectivity index (χ1) is 19.8. The molecule has 42 heavy (non-hydrogen) atoms. The molecular weight excluding hydrogens is 597 g/mol. The zero-order chi connectivity index (χ0) is 31.2. The summed E-state index contributed by atoms with van der Waals surface area (Å²) in [6.45, 7) is 8.33. The quantitative estimate of drug-likeness (QED) is 0.258. The zero-order valence-electron chi connectivity index (χ0n) is 24.6. The van der Waals surface area contributed by atoms with Crippen LogP contribution in [-0.2, 0) is 26.2 Å². The highest BCUT2D eigenvalue weighted by atomic mass is 35.5. The average Bonchev–Trinajstić information content (AvgIpc) is 2.95. The van der Waals surface area contributed by atoms with Crippen molar-refractivity contribution < 1.29 is 22.7 Å². The lowest BCUT2D eigenvalue weighted by Crippen LogP contribution is -2.52. The van der Waals surface area contributed by atoms with Gasteiger partial charge in [0.05, 0.1) is 17.7 Å². The highest BCUT2D eigenvalue weighted by Gasteiger charge is 2.34. The summed E-state index contributed by atoms with van der Waals surface area (Å²) in [4.78, 5) is 28.7. The first kappa shape index (κ1) is 33.2. The van der Waals surface area contributed by atoms with Crippen LogP contribution in [0.25, 0.3) is 0 Å². The molecule has 0 heterocycles. The third-order valence-corrected chi connectivity index (χ3v) is 9.53. The van der Waals surface area contributed by atoms with Crippen LogP contribution in [0.15, 0.2) is 65.6 Å². The molecule has 11 heteroatoms. The first-order valence-electron chi connectivity index (χ1n) is 13.6. The molecule has 0 saturated carbocycles. The molecule has 1 N–H and O–H groups in total. The molecule has 0 aliphatic rings. The van der Waals surface area contributed by atoms with Gasteiger partial charge in [-0.15, -0.1) is 0 Å². The molecule has 2 atom stereocenters. The van der Waals surface area contributed by atoms with E-state index >= 15 is 0 Å². The number of hydrogen-bond acceptors (Lipinski definition) is 5. The summed E-state index contributed by atoms with van der Waals surface area (Å²) in [6.07, 6.45) is 0.693. The molecule has 0 unspecified atom stereocenters. The second-order valence-corrected chi connectivity index (χ2v) is 12.9. The summed E-state index contributed by atoms with van der Waals surface area (Å²) in [6, 6.07) is 15.3. The van der Waals surface area contributed by atoms with Gasteiger partial charge in [-0.05, 0) is 76.1 Å². The Morgan fingerprint density at radius 1 is 0.952 bits per heavy atom. The summed E-state index contributed by atoms with van der Waals surface area (Å²) < 4.78 is 34.8. The molecule has 3 rings (SSSR count). The molecule has 0 bridgehead atoms. The Kier molecular flexibility index (Phi) is 11.3. The number of methoxy groups -OCH3 is 1. The third kappa shape index (κ3) is 7.76. The smallest absolute Gasteiger partial charge is 0.264 e. The Balaban J connectivity index is 2.13. The Bertz CT molecular complexity index is 1510. The molecule has 2 amide bonds. The number of benzene rings is 3. The van der Waals surface area contributed by atoms with Gasteiger partial charge in [-0.3, -0.25) is 13.9 Å². The van der Waals surface area contributed by atoms with Crippen molar-refractivity contribution in [1.29, 1.82) is 0 Å². The van der Waals surface area contributed by atoms with Crippen LogP contribution >= 0.6 is 23.2 Å². The van der Waals surface area contributed by atoms with Gasteiger partial charge in [0.25, 0.3) is 10.0 Å².